The topological polar surface area (TPSA) is 79.8 Å². The van der Waals surface area contributed by atoms with Gasteiger partial charge in [0.25, 0.3) is 0 Å². The number of alkyl halides is 3. The molecule has 0 heterocycles. The van der Waals surface area contributed by atoms with Gasteiger partial charge in [-0.05, 0) is 19.4 Å². The lowest BCUT2D eigenvalue weighted by atomic mass is 10.0. The molecule has 0 unspecified atom stereocenters. The van der Waals surface area contributed by atoms with E-state index < -0.39 is 24.4 Å². The van der Waals surface area contributed by atoms with Crippen LogP contribution in [0, 0.1) is 0 Å². The summed E-state index contributed by atoms with van der Waals surface area (Å²) in [6.45, 7) is 2.74. The second-order valence-electron chi connectivity index (χ2n) is 4.57. The molecule has 0 rings (SSSR count). The van der Waals surface area contributed by atoms with E-state index in [0.29, 0.717) is 12.5 Å². The first-order valence-electron chi connectivity index (χ1n) is 6.81. The average molecular weight is 328 g/mol. The van der Waals surface area contributed by atoms with Crippen molar-refractivity contribution < 1.29 is 32.5 Å². The third kappa shape index (κ3) is 6.99. The van der Waals surface area contributed by atoms with Crippen molar-refractivity contribution in [2.75, 3.05) is 26.9 Å². The third-order valence-electron chi connectivity index (χ3n) is 2.81. The van der Waals surface area contributed by atoms with Crippen LogP contribution >= 0.6 is 0 Å². The predicted molar refractivity (Wildman–Crippen MR) is 74.3 cm³/mol. The summed E-state index contributed by atoms with van der Waals surface area (Å²) in [5, 5.41) is 14.1. The number of hydrogen-bond donors (Lipinski definition) is 3. The molecular weight excluding hydrogens is 305 g/mol. The summed E-state index contributed by atoms with van der Waals surface area (Å²) >= 11 is 0. The van der Waals surface area contributed by atoms with E-state index in [0.717, 1.165) is 6.26 Å². The first-order valence-corrected chi connectivity index (χ1v) is 6.81. The monoisotopic (exact) mass is 328 g/mol. The Morgan fingerprint density at radius 1 is 1.36 bits per heavy atom. The van der Waals surface area contributed by atoms with Gasteiger partial charge in [-0.3, -0.25) is 0 Å². The van der Waals surface area contributed by atoms with E-state index in [-0.39, 0.29) is 19.3 Å². The number of halogens is 3. The molecular formula is C13H23F3N2O4. The maximum atomic E-state index is 12.9. The van der Waals surface area contributed by atoms with Gasteiger partial charge in [0.2, 0.25) is 0 Å². The van der Waals surface area contributed by atoms with Crippen LogP contribution < -0.4 is 10.6 Å². The summed E-state index contributed by atoms with van der Waals surface area (Å²) in [4.78, 5) is 11.6. The number of urea groups is 1. The van der Waals surface area contributed by atoms with Gasteiger partial charge in [0, 0.05) is 7.11 Å². The van der Waals surface area contributed by atoms with Gasteiger partial charge in [0.05, 0.1) is 32.1 Å². The number of amides is 2. The van der Waals surface area contributed by atoms with Crippen molar-refractivity contribution in [2.45, 2.75) is 38.1 Å². The van der Waals surface area contributed by atoms with Crippen LogP contribution in [0.5, 0.6) is 0 Å². The van der Waals surface area contributed by atoms with Crippen LogP contribution in [0.15, 0.2) is 12.3 Å². The molecule has 0 spiro atoms. The predicted octanol–water partition coefficient (Wildman–Crippen LogP) is 1.55. The summed E-state index contributed by atoms with van der Waals surface area (Å²) in [6, 6.07) is -1.15. The van der Waals surface area contributed by atoms with Gasteiger partial charge in [-0.15, -0.1) is 0 Å². The first kappa shape index (κ1) is 20.5. The van der Waals surface area contributed by atoms with Crippen LogP contribution in [0.25, 0.3) is 0 Å². The van der Waals surface area contributed by atoms with Gasteiger partial charge < -0.3 is 25.2 Å². The first-order chi connectivity index (χ1) is 10.2. The summed E-state index contributed by atoms with van der Waals surface area (Å²) in [5.74, 6) is 0. The number of aliphatic hydroxyl groups is 1. The van der Waals surface area contributed by atoms with Crippen molar-refractivity contribution in [3.05, 3.63) is 12.3 Å². The number of ether oxygens (including phenoxy) is 2. The molecule has 22 heavy (non-hydrogen) atoms. The van der Waals surface area contributed by atoms with Gasteiger partial charge >= 0.3 is 12.2 Å². The van der Waals surface area contributed by atoms with Crippen molar-refractivity contribution in [1.82, 2.24) is 10.6 Å². The molecule has 6 nitrogen and oxygen atoms in total. The highest BCUT2D eigenvalue weighted by Crippen LogP contribution is 2.31. The molecule has 0 aromatic heterocycles. The average Bonchev–Trinajstić information content (AvgIpc) is 2.43. The fourth-order valence-corrected chi connectivity index (χ4v) is 1.42. The quantitative estimate of drug-likeness (QED) is 0.561. The third-order valence-corrected chi connectivity index (χ3v) is 2.81. The lowest BCUT2D eigenvalue weighted by molar-refractivity contribution is -0.237. The summed E-state index contributed by atoms with van der Waals surface area (Å²) < 4.78 is 48.2. The standard InChI is InChI=1S/C13H23F3N2O4/c1-4-10(8-21-3)18-11(19)17-9-12(20,13(14,15)16)6-7-22-5-2/h6-7,10,20H,4-5,8-9H2,1-3H3,(H2,17,18,19)/b7-6+/t10-,12+/m0/s1. The van der Waals surface area contributed by atoms with Crippen molar-refractivity contribution in [3.63, 3.8) is 0 Å². The Hall–Kier alpha value is -1.48. The molecule has 130 valence electrons. The maximum absolute atomic E-state index is 12.9. The number of methoxy groups -OCH3 is 1. The van der Waals surface area contributed by atoms with E-state index in [4.69, 9.17) is 4.74 Å². The van der Waals surface area contributed by atoms with Gasteiger partial charge in [-0.1, -0.05) is 6.92 Å². The van der Waals surface area contributed by atoms with Gasteiger partial charge in [-0.2, -0.15) is 13.2 Å². The molecule has 2 amide bonds. The Bertz CT molecular complexity index is 364. The summed E-state index contributed by atoms with van der Waals surface area (Å²) in [6.07, 6.45) is -3.18. The highest BCUT2D eigenvalue weighted by Gasteiger charge is 2.52. The normalized spacial score (nSPS) is 16.1. The van der Waals surface area contributed by atoms with Crippen molar-refractivity contribution in [1.29, 1.82) is 0 Å². The molecule has 3 N–H and O–H groups in total. The molecule has 0 saturated carbocycles. The van der Waals surface area contributed by atoms with Gasteiger partial charge in [0.1, 0.15) is 0 Å². The Balaban J connectivity index is 4.66. The van der Waals surface area contributed by atoms with Crippen LogP contribution in [0.4, 0.5) is 18.0 Å². The molecule has 0 aromatic rings. The molecule has 0 aromatic carbocycles. The van der Waals surface area contributed by atoms with Crippen LogP contribution in [0.1, 0.15) is 20.3 Å². The highest BCUT2D eigenvalue weighted by molar-refractivity contribution is 5.74. The number of carbonyl (C=O) groups is 1. The minimum absolute atomic E-state index is 0.160. The van der Waals surface area contributed by atoms with Crippen LogP contribution in [-0.2, 0) is 9.47 Å². The number of hydrogen-bond acceptors (Lipinski definition) is 4. The molecule has 0 radical (unpaired) electrons. The minimum atomic E-state index is -4.95. The lowest BCUT2D eigenvalue weighted by Gasteiger charge is -2.28. The van der Waals surface area contributed by atoms with Crippen LogP contribution in [0.2, 0.25) is 0 Å². The maximum Gasteiger partial charge on any atom is 0.422 e. The second-order valence-corrected chi connectivity index (χ2v) is 4.57. The smallest absolute Gasteiger partial charge is 0.422 e. The van der Waals surface area contributed by atoms with Crippen LogP contribution in [0.3, 0.4) is 0 Å². The van der Waals surface area contributed by atoms with Crippen molar-refractivity contribution >= 4 is 6.03 Å². The number of carbonyl (C=O) groups excluding carboxylic acids is 1. The zero-order valence-corrected chi connectivity index (χ0v) is 12.9. The van der Waals surface area contributed by atoms with E-state index in [1.165, 1.54) is 7.11 Å². The van der Waals surface area contributed by atoms with E-state index in [9.17, 15) is 23.1 Å². The Kier molecular flexibility index (Phi) is 8.88. The number of rotatable bonds is 9. The van der Waals surface area contributed by atoms with E-state index in [1.54, 1.807) is 13.8 Å². The van der Waals surface area contributed by atoms with Gasteiger partial charge in [0.15, 0.2) is 5.60 Å². The SMILES string of the molecule is CCO/C=C/[C@@](O)(CNC(=O)N[C@@H](CC)COC)C(F)(F)F. The molecule has 2 atom stereocenters. The molecule has 0 bridgehead atoms. The molecule has 0 aliphatic heterocycles. The molecule has 9 heteroatoms. The largest absolute Gasteiger partial charge is 0.502 e. The van der Waals surface area contributed by atoms with Crippen molar-refractivity contribution in [2.24, 2.45) is 0 Å². The van der Waals surface area contributed by atoms with E-state index in [1.807, 2.05) is 5.32 Å². The van der Waals surface area contributed by atoms with E-state index >= 15 is 0 Å². The summed E-state index contributed by atoms with van der Waals surface area (Å²) in [5.41, 5.74) is -3.21. The zero-order chi connectivity index (χ0) is 17.2. The fourth-order valence-electron chi connectivity index (χ4n) is 1.42. The Labute approximate surface area is 127 Å². The fraction of sp³-hybridized carbons (Fsp3) is 0.769. The molecule has 0 fully saturated rings. The summed E-state index contributed by atoms with van der Waals surface area (Å²) in [7, 11) is 1.45. The van der Waals surface area contributed by atoms with Gasteiger partial charge in [-0.25, -0.2) is 4.79 Å². The second kappa shape index (κ2) is 9.52. The Morgan fingerprint density at radius 2 is 2.00 bits per heavy atom. The lowest BCUT2D eigenvalue weighted by Crippen LogP contribution is -2.55. The number of nitrogens with one attached hydrogen (secondary N) is 2. The molecule has 0 aliphatic carbocycles. The molecule has 0 saturated heterocycles. The van der Waals surface area contributed by atoms with E-state index in [2.05, 4.69) is 10.1 Å². The highest BCUT2D eigenvalue weighted by atomic mass is 19.4. The zero-order valence-electron chi connectivity index (χ0n) is 12.9. The Morgan fingerprint density at radius 3 is 2.45 bits per heavy atom. The minimum Gasteiger partial charge on any atom is -0.502 e. The van der Waals surface area contributed by atoms with Crippen LogP contribution in [-0.4, -0.2) is 55.8 Å². The van der Waals surface area contributed by atoms with Crippen molar-refractivity contribution in [3.8, 4) is 0 Å². The molecule has 0 aliphatic rings.